The Morgan fingerprint density at radius 2 is 2.05 bits per heavy atom. The number of benzene rings is 1. The van der Waals surface area contributed by atoms with E-state index in [0.29, 0.717) is 21.6 Å². The highest BCUT2D eigenvalue weighted by Gasteiger charge is 2.14. The molecule has 0 unspecified atom stereocenters. The van der Waals surface area contributed by atoms with Crippen LogP contribution in [0.1, 0.15) is 36.2 Å². The summed E-state index contributed by atoms with van der Waals surface area (Å²) in [6.45, 7) is 3.92. The van der Waals surface area contributed by atoms with Crippen LogP contribution in [0, 0.1) is 0 Å². The van der Waals surface area contributed by atoms with Crippen LogP contribution in [0.4, 0.5) is 5.69 Å². The predicted octanol–water partition coefficient (Wildman–Crippen LogP) is 3.49. The third kappa shape index (κ3) is 3.24. The Kier molecular flexibility index (Phi) is 4.07. The molecule has 0 atom stereocenters. The van der Waals surface area contributed by atoms with Gasteiger partial charge in [-0.1, -0.05) is 37.0 Å². The molecule has 2 rings (SSSR count). The Bertz CT molecular complexity index is 610. The topological polar surface area (TPSA) is 70.7 Å². The van der Waals surface area contributed by atoms with Gasteiger partial charge >= 0.3 is 0 Å². The molecule has 7 heteroatoms. The van der Waals surface area contributed by atoms with Gasteiger partial charge in [-0.3, -0.25) is 9.89 Å². The van der Waals surface area contributed by atoms with Crippen molar-refractivity contribution in [2.75, 3.05) is 5.32 Å². The van der Waals surface area contributed by atoms with E-state index in [1.165, 1.54) is 0 Å². The fraction of sp³-hybridized carbons (Fsp3) is 0.250. The monoisotopic (exact) mass is 298 g/mol. The van der Waals surface area contributed by atoms with Crippen molar-refractivity contribution in [2.45, 2.75) is 19.8 Å². The highest BCUT2D eigenvalue weighted by molar-refractivity contribution is 6.42. The van der Waals surface area contributed by atoms with E-state index >= 15 is 0 Å². The highest BCUT2D eigenvalue weighted by Crippen LogP contribution is 2.25. The first-order valence-electron chi connectivity index (χ1n) is 5.66. The lowest BCUT2D eigenvalue weighted by molar-refractivity contribution is 0.101. The zero-order chi connectivity index (χ0) is 14.0. The van der Waals surface area contributed by atoms with E-state index in [0.717, 1.165) is 0 Å². The number of hydrogen-bond donors (Lipinski definition) is 2. The van der Waals surface area contributed by atoms with Gasteiger partial charge in [-0.25, -0.2) is 4.98 Å². The molecule has 0 aliphatic carbocycles. The first-order valence-corrected chi connectivity index (χ1v) is 6.41. The maximum absolute atomic E-state index is 11.9. The fourth-order valence-corrected chi connectivity index (χ4v) is 1.69. The molecule has 1 aromatic heterocycles. The first kappa shape index (κ1) is 13.8. The standard InChI is InChI=1S/C12H12Cl2N4O/c1-6(2)10-16-11(18-17-10)12(19)15-7-3-4-8(13)9(14)5-7/h3-6H,1-2H3,(H,15,19)(H,16,17,18). The van der Waals surface area contributed by atoms with Gasteiger partial charge in [0, 0.05) is 11.6 Å². The maximum atomic E-state index is 11.9. The van der Waals surface area contributed by atoms with Crippen LogP contribution in [-0.2, 0) is 0 Å². The van der Waals surface area contributed by atoms with Gasteiger partial charge in [-0.2, -0.15) is 0 Å². The fourth-order valence-electron chi connectivity index (χ4n) is 1.39. The molecular formula is C12H12Cl2N4O. The van der Waals surface area contributed by atoms with E-state index in [-0.39, 0.29) is 11.7 Å². The number of amides is 1. The van der Waals surface area contributed by atoms with Crippen LogP contribution in [0.25, 0.3) is 0 Å². The van der Waals surface area contributed by atoms with Crippen LogP contribution in [-0.4, -0.2) is 21.1 Å². The molecule has 5 nitrogen and oxygen atoms in total. The number of nitrogens with one attached hydrogen (secondary N) is 2. The van der Waals surface area contributed by atoms with Gasteiger partial charge in [0.15, 0.2) is 0 Å². The van der Waals surface area contributed by atoms with Crippen molar-refractivity contribution in [3.8, 4) is 0 Å². The maximum Gasteiger partial charge on any atom is 0.295 e. The van der Waals surface area contributed by atoms with Crippen molar-refractivity contribution in [3.63, 3.8) is 0 Å². The molecule has 100 valence electrons. The number of hydrogen-bond acceptors (Lipinski definition) is 3. The van der Waals surface area contributed by atoms with E-state index in [1.54, 1.807) is 18.2 Å². The summed E-state index contributed by atoms with van der Waals surface area (Å²) in [5.74, 6) is 0.537. The molecule has 2 N–H and O–H groups in total. The van der Waals surface area contributed by atoms with Crippen LogP contribution in [0.5, 0.6) is 0 Å². The molecule has 19 heavy (non-hydrogen) atoms. The summed E-state index contributed by atoms with van der Waals surface area (Å²) in [6.07, 6.45) is 0. The minimum absolute atomic E-state index is 0.0924. The van der Waals surface area contributed by atoms with Gasteiger partial charge in [0.1, 0.15) is 5.82 Å². The Morgan fingerprint density at radius 1 is 1.32 bits per heavy atom. The lowest BCUT2D eigenvalue weighted by Crippen LogP contribution is -2.13. The first-order chi connectivity index (χ1) is 8.97. The molecule has 0 saturated heterocycles. The van der Waals surface area contributed by atoms with Crippen LogP contribution >= 0.6 is 23.2 Å². The Morgan fingerprint density at radius 3 is 2.63 bits per heavy atom. The van der Waals surface area contributed by atoms with Gasteiger partial charge in [0.2, 0.25) is 5.82 Å². The largest absolute Gasteiger partial charge is 0.319 e. The molecule has 0 radical (unpaired) electrons. The number of H-pyrrole nitrogens is 1. The third-order valence-electron chi connectivity index (χ3n) is 2.43. The molecule has 0 spiro atoms. The second-order valence-corrected chi connectivity index (χ2v) is 5.10. The van der Waals surface area contributed by atoms with Crippen LogP contribution in [0.2, 0.25) is 10.0 Å². The second-order valence-electron chi connectivity index (χ2n) is 4.28. The van der Waals surface area contributed by atoms with Gasteiger partial charge in [0.25, 0.3) is 5.91 Å². The average molecular weight is 299 g/mol. The van der Waals surface area contributed by atoms with E-state index in [9.17, 15) is 4.79 Å². The number of carbonyl (C=O) groups excluding carboxylic acids is 1. The van der Waals surface area contributed by atoms with E-state index in [1.807, 2.05) is 13.8 Å². The van der Waals surface area contributed by atoms with Crippen LogP contribution < -0.4 is 5.32 Å². The smallest absolute Gasteiger partial charge is 0.295 e. The minimum Gasteiger partial charge on any atom is -0.319 e. The summed E-state index contributed by atoms with van der Waals surface area (Å²) in [5, 5.41) is 10.0. The van der Waals surface area contributed by atoms with Crippen LogP contribution in [0.15, 0.2) is 18.2 Å². The Balaban J connectivity index is 2.13. The zero-order valence-electron chi connectivity index (χ0n) is 10.4. The molecule has 2 aromatic rings. The van der Waals surface area contributed by atoms with Crippen molar-refractivity contribution in [1.82, 2.24) is 15.2 Å². The summed E-state index contributed by atoms with van der Waals surface area (Å²) >= 11 is 11.7. The molecular weight excluding hydrogens is 287 g/mol. The molecule has 1 heterocycles. The van der Waals surface area contributed by atoms with Gasteiger partial charge in [-0.05, 0) is 18.2 Å². The third-order valence-corrected chi connectivity index (χ3v) is 3.17. The Labute approximate surface area is 120 Å². The summed E-state index contributed by atoms with van der Waals surface area (Å²) in [7, 11) is 0. The predicted molar refractivity (Wildman–Crippen MR) is 74.9 cm³/mol. The number of anilines is 1. The zero-order valence-corrected chi connectivity index (χ0v) is 11.9. The van der Waals surface area contributed by atoms with Crippen LogP contribution in [0.3, 0.4) is 0 Å². The quantitative estimate of drug-likeness (QED) is 0.911. The lowest BCUT2D eigenvalue weighted by atomic mass is 10.2. The SMILES string of the molecule is CC(C)c1nc(C(=O)Nc2ccc(Cl)c(Cl)c2)n[nH]1. The summed E-state index contributed by atoms with van der Waals surface area (Å²) < 4.78 is 0. The van der Waals surface area contributed by atoms with Crippen molar-refractivity contribution < 1.29 is 4.79 Å². The van der Waals surface area contributed by atoms with Crippen molar-refractivity contribution >= 4 is 34.8 Å². The number of nitrogens with zero attached hydrogens (tertiary/aromatic N) is 2. The lowest BCUT2D eigenvalue weighted by Gasteiger charge is -2.03. The number of carbonyl (C=O) groups is 1. The van der Waals surface area contributed by atoms with E-state index in [4.69, 9.17) is 23.2 Å². The summed E-state index contributed by atoms with van der Waals surface area (Å²) in [6, 6.07) is 4.83. The van der Waals surface area contributed by atoms with Gasteiger partial charge < -0.3 is 5.32 Å². The number of rotatable bonds is 3. The average Bonchev–Trinajstić information content (AvgIpc) is 2.83. The summed E-state index contributed by atoms with van der Waals surface area (Å²) in [5.41, 5.74) is 0.537. The molecule has 1 amide bonds. The minimum atomic E-state index is -0.401. The number of aromatic amines is 1. The molecule has 0 fully saturated rings. The van der Waals surface area contributed by atoms with E-state index < -0.39 is 5.91 Å². The normalized spacial score (nSPS) is 10.8. The number of aromatic nitrogens is 3. The van der Waals surface area contributed by atoms with Crippen molar-refractivity contribution in [3.05, 3.63) is 39.9 Å². The Hall–Kier alpha value is -1.59. The highest BCUT2D eigenvalue weighted by atomic mass is 35.5. The number of halogens is 2. The molecule has 0 saturated carbocycles. The van der Waals surface area contributed by atoms with Crippen molar-refractivity contribution in [1.29, 1.82) is 0 Å². The van der Waals surface area contributed by atoms with Crippen molar-refractivity contribution in [2.24, 2.45) is 0 Å². The van der Waals surface area contributed by atoms with Gasteiger partial charge in [0.05, 0.1) is 10.0 Å². The molecule has 0 aliphatic rings. The second kappa shape index (κ2) is 5.59. The molecule has 0 bridgehead atoms. The van der Waals surface area contributed by atoms with E-state index in [2.05, 4.69) is 20.5 Å². The molecule has 1 aromatic carbocycles. The van der Waals surface area contributed by atoms with Gasteiger partial charge in [-0.15, -0.1) is 5.10 Å². The molecule has 0 aliphatic heterocycles. The summed E-state index contributed by atoms with van der Waals surface area (Å²) in [4.78, 5) is 16.0.